The van der Waals surface area contributed by atoms with Crippen LogP contribution in [-0.2, 0) is 9.53 Å². The zero-order valence-corrected chi connectivity index (χ0v) is 16.0. The maximum absolute atomic E-state index is 11.8. The molecule has 5 rings (SSSR count). The summed E-state index contributed by atoms with van der Waals surface area (Å²) in [6.07, 6.45) is 8.77. The Balaban J connectivity index is 1.37. The second-order valence-corrected chi connectivity index (χ2v) is 8.44. The molecule has 0 saturated heterocycles. The Bertz CT molecular complexity index is 723. The van der Waals surface area contributed by atoms with Crippen molar-refractivity contribution in [3.63, 3.8) is 0 Å². The van der Waals surface area contributed by atoms with E-state index in [-0.39, 0.29) is 6.79 Å². The molecule has 0 atom stereocenters. The van der Waals surface area contributed by atoms with Crippen LogP contribution in [0.2, 0.25) is 0 Å². The number of ether oxygens (including phenoxy) is 3. The third-order valence-electron chi connectivity index (χ3n) is 6.32. The van der Waals surface area contributed by atoms with Crippen molar-refractivity contribution in [2.45, 2.75) is 45.1 Å². The monoisotopic (exact) mass is 368 g/mol. The summed E-state index contributed by atoms with van der Waals surface area (Å²) in [5.74, 6) is 3.86. The smallest absolute Gasteiger partial charge is 0.338 e. The van der Waals surface area contributed by atoms with Gasteiger partial charge in [0.05, 0.1) is 6.10 Å². The zero-order chi connectivity index (χ0) is 19.0. The molecule has 0 spiro atoms. The summed E-state index contributed by atoms with van der Waals surface area (Å²) in [6.45, 7) is 9.24. The summed E-state index contributed by atoms with van der Waals surface area (Å²) in [5.41, 5.74) is 1.18. The van der Waals surface area contributed by atoms with Gasteiger partial charge in [-0.05, 0) is 80.4 Å². The number of carbonyl (C=O) groups is 1. The number of benzene rings is 1. The highest BCUT2D eigenvalue weighted by molar-refractivity contribution is 5.88. The first kappa shape index (κ1) is 18.3. The molecule has 0 aliphatic heterocycles. The second kappa shape index (κ2) is 7.51. The van der Waals surface area contributed by atoms with Gasteiger partial charge in [0.1, 0.15) is 11.5 Å². The fourth-order valence-electron chi connectivity index (χ4n) is 5.38. The van der Waals surface area contributed by atoms with Gasteiger partial charge in [0.2, 0.25) is 0 Å². The highest BCUT2D eigenvalue weighted by Gasteiger charge is 2.48. The first-order valence-electron chi connectivity index (χ1n) is 9.91. The molecule has 0 radical (unpaired) electrons. The van der Waals surface area contributed by atoms with Crippen LogP contribution in [0, 0.1) is 23.7 Å². The Morgan fingerprint density at radius 2 is 1.70 bits per heavy atom. The van der Waals surface area contributed by atoms with Gasteiger partial charge >= 0.3 is 5.97 Å². The van der Waals surface area contributed by atoms with Gasteiger partial charge in [-0.2, -0.15) is 0 Å². The van der Waals surface area contributed by atoms with Crippen molar-refractivity contribution in [2.75, 3.05) is 6.79 Å². The molecule has 27 heavy (non-hydrogen) atoms. The van der Waals surface area contributed by atoms with Gasteiger partial charge in [0.25, 0.3) is 0 Å². The van der Waals surface area contributed by atoms with Crippen LogP contribution in [0.4, 0.5) is 0 Å². The zero-order valence-electron chi connectivity index (χ0n) is 16.0. The maximum atomic E-state index is 11.8. The summed E-state index contributed by atoms with van der Waals surface area (Å²) < 4.78 is 17.4. The van der Waals surface area contributed by atoms with Gasteiger partial charge in [0.15, 0.2) is 6.79 Å². The lowest BCUT2D eigenvalue weighted by Crippen LogP contribution is -2.49. The van der Waals surface area contributed by atoms with E-state index in [9.17, 15) is 4.79 Å². The van der Waals surface area contributed by atoms with E-state index in [1.807, 2.05) is 6.07 Å². The lowest BCUT2D eigenvalue weighted by molar-refractivity contribution is -0.155. The molecule has 0 N–H and O–H groups in total. The molecular weight excluding hydrogens is 340 g/mol. The van der Waals surface area contributed by atoms with Gasteiger partial charge in [-0.1, -0.05) is 19.2 Å². The number of hydrogen-bond acceptors (Lipinski definition) is 4. The first-order valence-corrected chi connectivity index (χ1v) is 9.91. The fourth-order valence-corrected chi connectivity index (χ4v) is 5.38. The second-order valence-electron chi connectivity index (χ2n) is 8.44. The van der Waals surface area contributed by atoms with E-state index < -0.39 is 5.97 Å². The first-order chi connectivity index (χ1) is 13.0. The Kier molecular flexibility index (Phi) is 5.09. The predicted molar refractivity (Wildman–Crippen MR) is 104 cm³/mol. The lowest BCUT2D eigenvalue weighted by atomic mass is 9.55. The van der Waals surface area contributed by atoms with E-state index in [0.717, 1.165) is 17.4 Å². The van der Waals surface area contributed by atoms with Crippen molar-refractivity contribution in [1.29, 1.82) is 0 Å². The van der Waals surface area contributed by atoms with E-state index in [2.05, 4.69) is 13.2 Å². The number of esters is 1. The Morgan fingerprint density at radius 3 is 2.30 bits per heavy atom. The molecule has 4 aliphatic carbocycles. The third kappa shape index (κ3) is 3.96. The largest absolute Gasteiger partial charge is 0.467 e. The minimum absolute atomic E-state index is 0.224. The van der Waals surface area contributed by atoms with Crippen LogP contribution in [0.1, 0.15) is 44.6 Å². The average molecular weight is 368 g/mol. The van der Waals surface area contributed by atoms with Gasteiger partial charge < -0.3 is 14.2 Å². The maximum Gasteiger partial charge on any atom is 0.338 e. The van der Waals surface area contributed by atoms with Crippen molar-refractivity contribution < 1.29 is 19.0 Å². The van der Waals surface area contributed by atoms with Crippen LogP contribution < -0.4 is 9.47 Å². The fraction of sp³-hybridized carbons (Fsp3) is 0.522. The van der Waals surface area contributed by atoms with Crippen molar-refractivity contribution in [3.05, 3.63) is 42.5 Å². The molecule has 4 fully saturated rings. The molecule has 1 aromatic carbocycles. The molecule has 144 valence electrons. The number of hydrogen-bond donors (Lipinski definition) is 0. The van der Waals surface area contributed by atoms with Gasteiger partial charge in [0, 0.05) is 11.6 Å². The van der Waals surface area contributed by atoms with E-state index in [0.29, 0.717) is 35.0 Å². The molecule has 1 aromatic rings. The van der Waals surface area contributed by atoms with Gasteiger partial charge in [-0.3, -0.25) is 0 Å². The van der Waals surface area contributed by atoms with E-state index in [4.69, 9.17) is 14.2 Å². The molecule has 0 amide bonds. The van der Waals surface area contributed by atoms with Crippen molar-refractivity contribution in [2.24, 2.45) is 23.7 Å². The molecule has 0 heterocycles. The predicted octanol–water partition coefficient (Wildman–Crippen LogP) is 4.99. The number of carbonyl (C=O) groups excluding carboxylic acids is 1. The molecule has 4 nitrogen and oxygen atoms in total. The molecule has 0 unspecified atom stereocenters. The van der Waals surface area contributed by atoms with Crippen molar-refractivity contribution >= 4 is 12.0 Å². The highest BCUT2D eigenvalue weighted by Crippen LogP contribution is 2.54. The topological polar surface area (TPSA) is 44.8 Å². The lowest BCUT2D eigenvalue weighted by Gasteiger charge is -2.53. The quantitative estimate of drug-likeness (QED) is 0.294. The molecular formula is C23H28O4. The van der Waals surface area contributed by atoms with Crippen LogP contribution in [0.3, 0.4) is 0 Å². The van der Waals surface area contributed by atoms with Gasteiger partial charge in [-0.15, -0.1) is 0 Å². The van der Waals surface area contributed by atoms with Crippen molar-refractivity contribution in [3.8, 4) is 11.5 Å². The molecule has 4 heteroatoms. The standard InChI is InChI=1S/C23H28O4/c1-4-15-10-20(12-21(11-15)27-23(24)14(2)3)25-13-26-22-18-6-16-5-17(8-18)9-19(22)7-16/h4,10-12,16-19,22H,1-2,5-9,13H2,3H3. The highest BCUT2D eigenvalue weighted by atomic mass is 16.7. The van der Waals surface area contributed by atoms with Crippen LogP contribution >= 0.6 is 0 Å². The minimum atomic E-state index is -0.452. The summed E-state index contributed by atoms with van der Waals surface area (Å²) in [5, 5.41) is 0. The van der Waals surface area contributed by atoms with Crippen LogP contribution in [0.5, 0.6) is 11.5 Å². The SMILES string of the molecule is C=Cc1cc(OCOC2C3CC4CC(C3)CC2C4)cc(OC(=O)C(=C)C)c1. The average Bonchev–Trinajstić information content (AvgIpc) is 2.63. The molecule has 4 aliphatic rings. The van der Waals surface area contributed by atoms with Crippen LogP contribution in [0.15, 0.2) is 36.9 Å². The summed E-state index contributed by atoms with van der Waals surface area (Å²) >= 11 is 0. The van der Waals surface area contributed by atoms with E-state index >= 15 is 0 Å². The molecule has 0 aromatic heterocycles. The summed E-state index contributed by atoms with van der Waals surface area (Å²) in [7, 11) is 0. The Hall–Kier alpha value is -2.07. The van der Waals surface area contributed by atoms with Gasteiger partial charge in [-0.25, -0.2) is 4.79 Å². The van der Waals surface area contributed by atoms with Crippen LogP contribution in [-0.4, -0.2) is 18.9 Å². The van der Waals surface area contributed by atoms with Crippen LogP contribution in [0.25, 0.3) is 6.08 Å². The molecule has 4 saturated carbocycles. The summed E-state index contributed by atoms with van der Waals surface area (Å²) in [6, 6.07) is 5.32. The Labute approximate surface area is 161 Å². The summed E-state index contributed by atoms with van der Waals surface area (Å²) in [4.78, 5) is 11.8. The minimum Gasteiger partial charge on any atom is -0.467 e. The van der Waals surface area contributed by atoms with Crippen molar-refractivity contribution in [1.82, 2.24) is 0 Å². The van der Waals surface area contributed by atoms with E-state index in [1.54, 1.807) is 25.1 Å². The normalized spacial score (nSPS) is 30.8. The van der Waals surface area contributed by atoms with E-state index in [1.165, 1.54) is 32.1 Å². The number of rotatable bonds is 7. The Morgan fingerprint density at radius 1 is 1.07 bits per heavy atom. The third-order valence-corrected chi connectivity index (χ3v) is 6.32. The molecule has 4 bridgehead atoms.